The zero-order valence-electron chi connectivity index (χ0n) is 14.1. The summed E-state index contributed by atoms with van der Waals surface area (Å²) in [4.78, 5) is 9.83. The van der Waals surface area contributed by atoms with E-state index in [1.807, 2.05) is 13.1 Å². The van der Waals surface area contributed by atoms with Crippen LogP contribution in [0.3, 0.4) is 0 Å². The lowest BCUT2D eigenvalue weighted by Crippen LogP contribution is -2.43. The van der Waals surface area contributed by atoms with Crippen LogP contribution < -0.4 is 10.6 Å². The predicted molar refractivity (Wildman–Crippen MR) is 109 cm³/mol. The van der Waals surface area contributed by atoms with E-state index in [2.05, 4.69) is 27.5 Å². The normalized spacial score (nSPS) is 13.3. The Balaban J connectivity index is 0.00000484. The maximum Gasteiger partial charge on any atom is 0.191 e. The lowest BCUT2D eigenvalue weighted by molar-refractivity contribution is 0.581. The van der Waals surface area contributed by atoms with E-state index in [4.69, 9.17) is 0 Å². The van der Waals surface area contributed by atoms with E-state index >= 15 is 0 Å². The van der Waals surface area contributed by atoms with Crippen molar-refractivity contribution in [1.82, 2.24) is 15.6 Å². The van der Waals surface area contributed by atoms with Crippen molar-refractivity contribution in [2.75, 3.05) is 25.6 Å². The number of halogens is 1. The molecule has 0 bridgehead atoms. The van der Waals surface area contributed by atoms with Gasteiger partial charge in [0.1, 0.15) is 9.84 Å². The fourth-order valence-corrected chi connectivity index (χ4v) is 3.45. The number of aromatic nitrogens is 1. The molecule has 1 aromatic rings. The molecule has 0 amide bonds. The number of aliphatic imine (C=N–C) groups is 1. The average Bonchev–Trinajstić information content (AvgIpc) is 2.91. The smallest absolute Gasteiger partial charge is 0.191 e. The molecule has 1 unspecified atom stereocenters. The third-order valence-electron chi connectivity index (χ3n) is 3.11. The van der Waals surface area contributed by atoms with Crippen molar-refractivity contribution >= 4 is 51.1 Å². The van der Waals surface area contributed by atoms with Crippen LogP contribution in [0.15, 0.2) is 11.2 Å². The highest BCUT2D eigenvalue weighted by Gasteiger charge is 2.09. The summed E-state index contributed by atoms with van der Waals surface area (Å²) in [6.07, 6.45) is 5.62. The monoisotopic (exact) mass is 474 g/mol. The van der Waals surface area contributed by atoms with Crippen molar-refractivity contribution in [3.05, 3.63) is 16.1 Å². The van der Waals surface area contributed by atoms with Gasteiger partial charge >= 0.3 is 0 Å². The number of hydrogen-bond donors (Lipinski definition) is 2. The van der Waals surface area contributed by atoms with Gasteiger partial charge in [-0.2, -0.15) is 0 Å². The van der Waals surface area contributed by atoms with Crippen molar-refractivity contribution in [1.29, 1.82) is 0 Å². The van der Waals surface area contributed by atoms with E-state index in [9.17, 15) is 8.42 Å². The second kappa shape index (κ2) is 11.2. The molecule has 2 N–H and O–H groups in total. The molecule has 0 saturated heterocycles. The zero-order valence-corrected chi connectivity index (χ0v) is 18.1. The van der Waals surface area contributed by atoms with E-state index in [0.29, 0.717) is 12.4 Å². The number of sulfone groups is 1. The summed E-state index contributed by atoms with van der Waals surface area (Å²) in [5, 5.41) is 7.54. The van der Waals surface area contributed by atoms with Gasteiger partial charge in [-0.25, -0.2) is 13.4 Å². The van der Waals surface area contributed by atoms with Crippen LogP contribution in [0.25, 0.3) is 0 Å². The molecule has 1 heterocycles. The summed E-state index contributed by atoms with van der Waals surface area (Å²) in [5.41, 5.74) is 0. The molecule has 0 aliphatic rings. The van der Waals surface area contributed by atoms with Gasteiger partial charge < -0.3 is 10.6 Å². The number of hydrogen-bond acceptors (Lipinski definition) is 5. The molecule has 0 spiro atoms. The number of nitrogens with one attached hydrogen (secondary N) is 2. The lowest BCUT2D eigenvalue weighted by atomic mass is 10.3. The van der Waals surface area contributed by atoms with Crippen LogP contribution in [-0.4, -0.2) is 51.0 Å². The molecule has 0 aromatic carbocycles. The van der Waals surface area contributed by atoms with Crippen molar-refractivity contribution < 1.29 is 8.42 Å². The summed E-state index contributed by atoms with van der Waals surface area (Å²) in [7, 11) is -1.22. The Morgan fingerprint density at radius 1 is 1.48 bits per heavy atom. The summed E-state index contributed by atoms with van der Waals surface area (Å²) in [6, 6.07) is 0.0486. The minimum absolute atomic E-state index is 0. The highest BCUT2D eigenvalue weighted by Crippen LogP contribution is 2.13. The first-order chi connectivity index (χ1) is 10.3. The topological polar surface area (TPSA) is 83.4 Å². The van der Waals surface area contributed by atoms with Crippen LogP contribution in [0.4, 0.5) is 0 Å². The van der Waals surface area contributed by atoms with E-state index < -0.39 is 9.84 Å². The second-order valence-electron chi connectivity index (χ2n) is 5.29. The Morgan fingerprint density at radius 2 is 2.17 bits per heavy atom. The van der Waals surface area contributed by atoms with Gasteiger partial charge in [-0.1, -0.05) is 6.92 Å². The van der Waals surface area contributed by atoms with Gasteiger partial charge in [0.25, 0.3) is 0 Å². The van der Waals surface area contributed by atoms with Crippen LogP contribution >= 0.6 is 35.3 Å². The van der Waals surface area contributed by atoms with Gasteiger partial charge in [0.2, 0.25) is 0 Å². The average molecular weight is 474 g/mol. The van der Waals surface area contributed by atoms with Crippen molar-refractivity contribution in [3.63, 3.8) is 0 Å². The van der Waals surface area contributed by atoms with E-state index in [-0.39, 0.29) is 35.8 Å². The Bertz CT molecular complexity index is 587. The number of rotatable bonds is 8. The Morgan fingerprint density at radius 3 is 2.70 bits per heavy atom. The minimum atomic E-state index is -2.92. The van der Waals surface area contributed by atoms with Gasteiger partial charge in [0.05, 0.1) is 10.8 Å². The molecule has 0 aliphatic heterocycles. The fourth-order valence-electron chi connectivity index (χ4n) is 1.81. The van der Waals surface area contributed by atoms with Crippen molar-refractivity contribution in [3.8, 4) is 0 Å². The third kappa shape index (κ3) is 10.1. The van der Waals surface area contributed by atoms with Gasteiger partial charge in [-0.15, -0.1) is 35.3 Å². The molecule has 6 nitrogen and oxygen atoms in total. The maximum atomic E-state index is 11.2. The molecular formula is C14H27IN4O2S2. The second-order valence-corrected chi connectivity index (χ2v) is 8.75. The Labute approximate surface area is 160 Å². The SMILES string of the molecule is CCc1cnc(CCNC(=NC)NC(C)CCS(C)(=O)=O)s1.I. The predicted octanol–water partition coefficient (Wildman–Crippen LogP) is 1.85. The van der Waals surface area contributed by atoms with Crippen LogP contribution in [-0.2, 0) is 22.7 Å². The van der Waals surface area contributed by atoms with E-state index in [1.165, 1.54) is 11.1 Å². The molecule has 23 heavy (non-hydrogen) atoms. The number of aryl methyl sites for hydroxylation is 1. The zero-order chi connectivity index (χ0) is 16.6. The van der Waals surface area contributed by atoms with Crippen molar-refractivity contribution in [2.24, 2.45) is 4.99 Å². The van der Waals surface area contributed by atoms with E-state index in [1.54, 1.807) is 18.4 Å². The number of nitrogens with zero attached hydrogens (tertiary/aromatic N) is 2. The van der Waals surface area contributed by atoms with Gasteiger partial charge in [-0.05, 0) is 19.8 Å². The molecular weight excluding hydrogens is 447 g/mol. The minimum Gasteiger partial charge on any atom is -0.356 e. The summed E-state index contributed by atoms with van der Waals surface area (Å²) in [5.74, 6) is 0.866. The quantitative estimate of drug-likeness (QED) is 0.342. The lowest BCUT2D eigenvalue weighted by Gasteiger charge is -2.17. The molecule has 1 atom stereocenters. The molecule has 9 heteroatoms. The summed E-state index contributed by atoms with van der Waals surface area (Å²) >= 11 is 1.74. The number of guanidine groups is 1. The molecule has 1 aromatic heterocycles. The first kappa shape index (κ1) is 22.6. The Kier molecular flexibility index (Phi) is 11.0. The molecule has 134 valence electrons. The van der Waals surface area contributed by atoms with E-state index in [0.717, 1.165) is 24.4 Å². The standard InChI is InChI=1S/C14H26N4O2S2.HI/c1-5-12-10-17-13(21-12)6-8-16-14(15-3)18-11(2)7-9-22(4,19)20;/h10-11H,5-9H2,1-4H3,(H2,15,16,18);1H. The summed E-state index contributed by atoms with van der Waals surface area (Å²) in [6.45, 7) is 4.82. The number of thiazole rings is 1. The van der Waals surface area contributed by atoms with Gasteiger partial charge in [-0.3, -0.25) is 4.99 Å². The molecule has 1 rings (SSSR count). The highest BCUT2D eigenvalue weighted by molar-refractivity contribution is 14.0. The van der Waals surface area contributed by atoms with Crippen LogP contribution in [0.5, 0.6) is 0 Å². The first-order valence-electron chi connectivity index (χ1n) is 7.42. The molecule has 0 saturated carbocycles. The van der Waals surface area contributed by atoms with Crippen molar-refractivity contribution in [2.45, 2.75) is 39.2 Å². The Hall–Kier alpha value is -0.420. The maximum absolute atomic E-state index is 11.2. The van der Waals surface area contributed by atoms with Gasteiger partial charge in [0, 0.05) is 43.4 Å². The van der Waals surface area contributed by atoms with Crippen LogP contribution in [0, 0.1) is 0 Å². The summed E-state index contributed by atoms with van der Waals surface area (Å²) < 4.78 is 22.3. The van der Waals surface area contributed by atoms with Gasteiger partial charge in [0.15, 0.2) is 5.96 Å². The largest absolute Gasteiger partial charge is 0.356 e. The fraction of sp³-hybridized carbons (Fsp3) is 0.714. The molecule has 0 radical (unpaired) electrons. The highest BCUT2D eigenvalue weighted by atomic mass is 127. The molecule has 0 aliphatic carbocycles. The first-order valence-corrected chi connectivity index (χ1v) is 10.3. The van der Waals surface area contributed by atoms with Crippen LogP contribution in [0.2, 0.25) is 0 Å². The molecule has 0 fully saturated rings. The third-order valence-corrected chi connectivity index (χ3v) is 5.29. The van der Waals surface area contributed by atoms with Crippen LogP contribution in [0.1, 0.15) is 30.2 Å².